The summed E-state index contributed by atoms with van der Waals surface area (Å²) in [6, 6.07) is 8.91. The molecular formula is C17H27NS. The number of hydrogen-bond acceptors (Lipinski definition) is 2. The molecule has 0 atom stereocenters. The Balaban J connectivity index is 2.21. The Kier molecular flexibility index (Phi) is 9.56. The van der Waals surface area contributed by atoms with Gasteiger partial charge in [0, 0.05) is 11.4 Å². The van der Waals surface area contributed by atoms with E-state index in [4.69, 9.17) is 0 Å². The molecule has 106 valence electrons. The Bertz CT molecular complexity index is 349. The average Bonchev–Trinajstić information content (AvgIpc) is 2.43. The van der Waals surface area contributed by atoms with Crippen LogP contribution in [0.25, 0.3) is 0 Å². The summed E-state index contributed by atoms with van der Waals surface area (Å²) in [6.07, 6.45) is 8.26. The Morgan fingerprint density at radius 1 is 1.26 bits per heavy atom. The second kappa shape index (κ2) is 11.1. The minimum Gasteiger partial charge on any atom is -0.313 e. The molecule has 0 aromatic heterocycles. The zero-order valence-corrected chi connectivity index (χ0v) is 13.0. The normalized spacial score (nSPS) is 10.6. The Labute approximate surface area is 122 Å². The van der Waals surface area contributed by atoms with Crippen molar-refractivity contribution in [1.29, 1.82) is 0 Å². The van der Waals surface area contributed by atoms with Crippen molar-refractivity contribution in [3.05, 3.63) is 42.5 Å². The number of thioether (sulfide) groups is 1. The summed E-state index contributed by atoms with van der Waals surface area (Å²) in [5, 5.41) is 3.45. The van der Waals surface area contributed by atoms with Crippen molar-refractivity contribution in [2.24, 2.45) is 0 Å². The van der Waals surface area contributed by atoms with E-state index in [2.05, 4.69) is 43.1 Å². The molecule has 0 radical (unpaired) electrons. The Morgan fingerprint density at radius 3 is 2.95 bits per heavy atom. The lowest BCUT2D eigenvalue weighted by Crippen LogP contribution is -2.13. The Hall–Kier alpha value is -0.730. The minimum atomic E-state index is 0.988. The summed E-state index contributed by atoms with van der Waals surface area (Å²) in [6.45, 7) is 8.04. The second-order valence-corrected chi connectivity index (χ2v) is 5.98. The molecule has 1 aromatic carbocycles. The number of allylic oxidation sites excluding steroid dienone is 1. The van der Waals surface area contributed by atoms with Crippen molar-refractivity contribution in [3.8, 4) is 0 Å². The van der Waals surface area contributed by atoms with Crippen LogP contribution < -0.4 is 5.32 Å². The highest BCUT2D eigenvalue weighted by Crippen LogP contribution is 2.21. The van der Waals surface area contributed by atoms with Gasteiger partial charge in [-0.2, -0.15) is 0 Å². The van der Waals surface area contributed by atoms with E-state index in [0.29, 0.717) is 0 Å². The smallest absolute Gasteiger partial charge is 0.0205 e. The molecule has 19 heavy (non-hydrogen) atoms. The van der Waals surface area contributed by atoms with Gasteiger partial charge in [-0.05, 0) is 55.7 Å². The zero-order valence-electron chi connectivity index (χ0n) is 12.2. The molecule has 2 heteroatoms. The molecule has 0 aliphatic carbocycles. The fourth-order valence-electron chi connectivity index (χ4n) is 1.91. The van der Waals surface area contributed by atoms with Crippen molar-refractivity contribution < 1.29 is 0 Å². The van der Waals surface area contributed by atoms with Crippen LogP contribution in [0.15, 0.2) is 41.8 Å². The number of nitrogens with one attached hydrogen (secondary N) is 1. The molecule has 1 rings (SSSR count). The third kappa shape index (κ3) is 8.12. The van der Waals surface area contributed by atoms with Crippen LogP contribution in [-0.4, -0.2) is 12.3 Å². The molecule has 0 heterocycles. The second-order valence-electron chi connectivity index (χ2n) is 4.81. The average molecular weight is 277 g/mol. The van der Waals surface area contributed by atoms with E-state index in [1.54, 1.807) is 0 Å². The molecule has 0 unspecified atom stereocenters. The van der Waals surface area contributed by atoms with Gasteiger partial charge in [-0.1, -0.05) is 31.6 Å². The molecule has 0 saturated carbocycles. The van der Waals surface area contributed by atoms with Crippen LogP contribution in [0.5, 0.6) is 0 Å². The molecule has 0 saturated heterocycles. The summed E-state index contributed by atoms with van der Waals surface area (Å²) < 4.78 is 0. The summed E-state index contributed by atoms with van der Waals surface area (Å²) >= 11 is 1.98. The van der Waals surface area contributed by atoms with E-state index in [-0.39, 0.29) is 0 Å². The van der Waals surface area contributed by atoms with Crippen LogP contribution in [0.1, 0.15) is 44.6 Å². The number of hydrogen-bond donors (Lipinski definition) is 1. The van der Waals surface area contributed by atoms with Crippen LogP contribution in [-0.2, 0) is 6.54 Å². The maximum Gasteiger partial charge on any atom is 0.0205 e. The first-order chi connectivity index (χ1) is 9.36. The molecule has 0 amide bonds. The molecular weight excluding hydrogens is 250 g/mol. The van der Waals surface area contributed by atoms with Gasteiger partial charge in [0.25, 0.3) is 0 Å². The fourth-order valence-corrected chi connectivity index (χ4v) is 2.91. The Morgan fingerprint density at radius 2 is 2.16 bits per heavy atom. The van der Waals surface area contributed by atoms with Crippen molar-refractivity contribution >= 4 is 11.8 Å². The topological polar surface area (TPSA) is 12.0 Å². The van der Waals surface area contributed by atoms with Gasteiger partial charge in [-0.3, -0.25) is 0 Å². The highest BCUT2D eigenvalue weighted by Gasteiger charge is 1.97. The van der Waals surface area contributed by atoms with E-state index >= 15 is 0 Å². The molecule has 0 fully saturated rings. The lowest BCUT2D eigenvalue weighted by molar-refractivity contribution is 0.674. The van der Waals surface area contributed by atoms with Crippen LogP contribution in [0.4, 0.5) is 0 Å². The highest BCUT2D eigenvalue weighted by molar-refractivity contribution is 7.99. The summed E-state index contributed by atoms with van der Waals surface area (Å²) in [5.74, 6) is 1.23. The van der Waals surface area contributed by atoms with E-state index in [1.807, 2.05) is 17.8 Å². The number of benzene rings is 1. The number of unbranched alkanes of at least 4 members (excludes halogenated alkanes) is 3. The first kappa shape index (κ1) is 16.3. The van der Waals surface area contributed by atoms with Crippen LogP contribution >= 0.6 is 11.8 Å². The van der Waals surface area contributed by atoms with Crippen LogP contribution in [0, 0.1) is 0 Å². The summed E-state index contributed by atoms with van der Waals surface area (Å²) in [4.78, 5) is 1.40. The molecule has 1 aromatic rings. The standard InChI is InChI=1S/C17H27NS/c1-3-5-6-7-8-13-19-17-11-9-10-16(14-17)15-18-12-4-2/h3,9-11,14,18H,1,4-8,12-13,15H2,2H3. The predicted molar refractivity (Wildman–Crippen MR) is 87.8 cm³/mol. The molecule has 1 nitrogen and oxygen atoms in total. The van der Waals surface area contributed by atoms with Gasteiger partial charge in [0.1, 0.15) is 0 Å². The van der Waals surface area contributed by atoms with Crippen LogP contribution in [0.2, 0.25) is 0 Å². The maximum absolute atomic E-state index is 3.76. The SMILES string of the molecule is C=CCCCCCSc1cccc(CNCCC)c1. The molecule has 0 aliphatic rings. The molecule has 1 N–H and O–H groups in total. The largest absolute Gasteiger partial charge is 0.313 e. The fraction of sp³-hybridized carbons (Fsp3) is 0.529. The third-order valence-corrected chi connectivity index (χ3v) is 4.06. The van der Waals surface area contributed by atoms with E-state index in [0.717, 1.165) is 19.5 Å². The zero-order chi connectivity index (χ0) is 13.8. The number of rotatable bonds is 11. The van der Waals surface area contributed by atoms with Crippen molar-refractivity contribution in [2.75, 3.05) is 12.3 Å². The highest BCUT2D eigenvalue weighted by atomic mass is 32.2. The van der Waals surface area contributed by atoms with Crippen molar-refractivity contribution in [3.63, 3.8) is 0 Å². The van der Waals surface area contributed by atoms with Crippen LogP contribution in [0.3, 0.4) is 0 Å². The van der Waals surface area contributed by atoms with Gasteiger partial charge < -0.3 is 5.32 Å². The van der Waals surface area contributed by atoms with E-state index in [9.17, 15) is 0 Å². The molecule has 0 spiro atoms. The lowest BCUT2D eigenvalue weighted by atomic mass is 10.2. The lowest BCUT2D eigenvalue weighted by Gasteiger charge is -2.06. The predicted octanol–water partition coefficient (Wildman–Crippen LogP) is 5.02. The van der Waals surface area contributed by atoms with Gasteiger partial charge in [0.05, 0.1) is 0 Å². The summed E-state index contributed by atoms with van der Waals surface area (Å²) in [5.41, 5.74) is 1.39. The first-order valence-corrected chi connectivity index (χ1v) is 8.38. The maximum atomic E-state index is 3.76. The molecule has 0 aliphatic heterocycles. The van der Waals surface area contributed by atoms with Gasteiger partial charge in [0.15, 0.2) is 0 Å². The van der Waals surface area contributed by atoms with Gasteiger partial charge in [-0.15, -0.1) is 18.3 Å². The third-order valence-electron chi connectivity index (χ3n) is 2.98. The van der Waals surface area contributed by atoms with Gasteiger partial charge >= 0.3 is 0 Å². The van der Waals surface area contributed by atoms with Gasteiger partial charge in [-0.25, -0.2) is 0 Å². The quantitative estimate of drug-likeness (QED) is 0.346. The monoisotopic (exact) mass is 277 g/mol. The van der Waals surface area contributed by atoms with E-state index < -0.39 is 0 Å². The van der Waals surface area contributed by atoms with Crippen molar-refractivity contribution in [2.45, 2.75) is 50.5 Å². The minimum absolute atomic E-state index is 0.988. The van der Waals surface area contributed by atoms with E-state index in [1.165, 1.54) is 41.9 Å². The summed E-state index contributed by atoms with van der Waals surface area (Å²) in [7, 11) is 0. The first-order valence-electron chi connectivity index (χ1n) is 7.40. The molecule has 0 bridgehead atoms. The van der Waals surface area contributed by atoms with Gasteiger partial charge in [0.2, 0.25) is 0 Å². The van der Waals surface area contributed by atoms with Crippen molar-refractivity contribution in [1.82, 2.24) is 5.32 Å².